The van der Waals surface area contributed by atoms with Gasteiger partial charge in [-0.15, -0.1) is 0 Å². The average molecular weight is 203 g/mol. The van der Waals surface area contributed by atoms with Gasteiger partial charge in [0.1, 0.15) is 0 Å². The highest BCUT2D eigenvalue weighted by atomic mass is 16.6. The van der Waals surface area contributed by atoms with Crippen molar-refractivity contribution in [2.45, 2.75) is 19.4 Å². The normalized spacial score (nSPS) is 16.6. The van der Waals surface area contributed by atoms with Crippen LogP contribution in [-0.4, -0.2) is 55.1 Å². The first-order valence-electron chi connectivity index (χ1n) is 4.92. The Hall–Kier alpha value is -0.810. The maximum absolute atomic E-state index is 11.1. The molecular formula is C9H17NO4. The first kappa shape index (κ1) is 11.3. The summed E-state index contributed by atoms with van der Waals surface area (Å²) < 4.78 is 10.2. The highest BCUT2D eigenvalue weighted by molar-refractivity contribution is 5.68. The molecule has 1 heterocycles. The van der Waals surface area contributed by atoms with Crippen LogP contribution in [0.3, 0.4) is 0 Å². The number of ether oxygens (including phenoxy) is 2. The second-order valence-corrected chi connectivity index (χ2v) is 3.17. The van der Waals surface area contributed by atoms with E-state index in [1.165, 1.54) is 0 Å². The van der Waals surface area contributed by atoms with Gasteiger partial charge in [0.2, 0.25) is 0 Å². The van der Waals surface area contributed by atoms with Crippen LogP contribution in [0.5, 0.6) is 0 Å². The van der Waals surface area contributed by atoms with Crippen LogP contribution in [0.15, 0.2) is 0 Å². The van der Waals surface area contributed by atoms with E-state index in [9.17, 15) is 4.79 Å². The minimum Gasteiger partial charge on any atom is -0.450 e. The molecule has 14 heavy (non-hydrogen) atoms. The zero-order valence-corrected chi connectivity index (χ0v) is 8.44. The van der Waals surface area contributed by atoms with Gasteiger partial charge in [0.25, 0.3) is 0 Å². The van der Waals surface area contributed by atoms with Crippen molar-refractivity contribution < 1.29 is 19.4 Å². The Morgan fingerprint density at radius 1 is 1.57 bits per heavy atom. The molecule has 0 bridgehead atoms. The van der Waals surface area contributed by atoms with Crippen molar-refractivity contribution in [3.05, 3.63) is 0 Å². The number of hydrogen-bond donors (Lipinski definition) is 1. The monoisotopic (exact) mass is 203 g/mol. The highest BCUT2D eigenvalue weighted by Crippen LogP contribution is 2.12. The minimum atomic E-state index is -0.269. The Balaban J connectivity index is 2.02. The lowest BCUT2D eigenvalue weighted by Crippen LogP contribution is -2.55. The Kier molecular flexibility index (Phi) is 4.69. The molecule has 0 aromatic rings. The molecule has 0 atom stereocenters. The molecule has 1 N–H and O–H groups in total. The number of aliphatic hydroxyl groups excluding tert-OH is 1. The summed E-state index contributed by atoms with van der Waals surface area (Å²) >= 11 is 0. The highest BCUT2D eigenvalue weighted by Gasteiger charge is 2.31. The van der Waals surface area contributed by atoms with Crippen molar-refractivity contribution >= 4 is 6.09 Å². The van der Waals surface area contributed by atoms with Gasteiger partial charge < -0.3 is 19.5 Å². The zero-order chi connectivity index (χ0) is 10.4. The van der Waals surface area contributed by atoms with Crippen LogP contribution < -0.4 is 0 Å². The predicted octanol–water partition coefficient (Wildman–Crippen LogP) is 0.226. The molecule has 0 spiro atoms. The van der Waals surface area contributed by atoms with Gasteiger partial charge in [-0.25, -0.2) is 4.79 Å². The van der Waals surface area contributed by atoms with Crippen LogP contribution in [0.1, 0.15) is 13.3 Å². The van der Waals surface area contributed by atoms with E-state index in [1.807, 2.05) is 0 Å². The number of hydrogen-bond acceptors (Lipinski definition) is 4. The van der Waals surface area contributed by atoms with E-state index in [1.54, 1.807) is 11.8 Å². The maximum Gasteiger partial charge on any atom is 0.409 e. The Bertz CT molecular complexity index is 180. The quantitative estimate of drug-likeness (QED) is 0.650. The molecule has 1 aliphatic heterocycles. The summed E-state index contributed by atoms with van der Waals surface area (Å²) in [5.74, 6) is 0. The fourth-order valence-electron chi connectivity index (χ4n) is 1.22. The lowest BCUT2D eigenvalue weighted by atomic mass is 10.2. The number of amides is 1. The molecule has 5 nitrogen and oxygen atoms in total. The van der Waals surface area contributed by atoms with Crippen LogP contribution in [0.4, 0.5) is 4.79 Å². The van der Waals surface area contributed by atoms with Gasteiger partial charge in [0.15, 0.2) is 0 Å². The second-order valence-electron chi connectivity index (χ2n) is 3.17. The molecule has 1 rings (SSSR count). The van der Waals surface area contributed by atoms with Gasteiger partial charge in [0, 0.05) is 13.2 Å². The standard InChI is InChI=1S/C9H17NO4/c1-2-13-9(12)10-6-8(7-10)14-5-3-4-11/h8,11H,2-7H2,1H3. The lowest BCUT2D eigenvalue weighted by molar-refractivity contribution is -0.0518. The summed E-state index contributed by atoms with van der Waals surface area (Å²) in [5.41, 5.74) is 0. The Morgan fingerprint density at radius 3 is 2.86 bits per heavy atom. The average Bonchev–Trinajstić information content (AvgIpc) is 2.09. The Morgan fingerprint density at radius 2 is 2.29 bits per heavy atom. The van der Waals surface area contributed by atoms with Crippen molar-refractivity contribution in [3.63, 3.8) is 0 Å². The van der Waals surface area contributed by atoms with Crippen molar-refractivity contribution in [3.8, 4) is 0 Å². The van der Waals surface area contributed by atoms with Crippen molar-refractivity contribution in [1.29, 1.82) is 0 Å². The molecule has 0 aliphatic carbocycles. The number of aliphatic hydroxyl groups is 1. The van der Waals surface area contributed by atoms with E-state index in [0.717, 1.165) is 0 Å². The van der Waals surface area contributed by atoms with Gasteiger partial charge in [-0.2, -0.15) is 0 Å². The van der Waals surface area contributed by atoms with Crippen LogP contribution in [0, 0.1) is 0 Å². The van der Waals surface area contributed by atoms with Crippen molar-refractivity contribution in [2.75, 3.05) is 32.9 Å². The molecule has 0 radical (unpaired) electrons. The van der Waals surface area contributed by atoms with Crippen LogP contribution in [-0.2, 0) is 9.47 Å². The smallest absolute Gasteiger partial charge is 0.409 e. The second kappa shape index (κ2) is 5.82. The molecule has 0 saturated carbocycles. The zero-order valence-electron chi connectivity index (χ0n) is 8.44. The third-order valence-electron chi connectivity index (χ3n) is 2.03. The molecule has 1 aliphatic rings. The molecular weight excluding hydrogens is 186 g/mol. The van der Waals surface area contributed by atoms with Crippen LogP contribution in [0.2, 0.25) is 0 Å². The largest absolute Gasteiger partial charge is 0.450 e. The number of likely N-dealkylation sites (tertiary alicyclic amines) is 1. The first-order valence-corrected chi connectivity index (χ1v) is 4.92. The molecule has 1 amide bonds. The molecule has 0 aromatic carbocycles. The molecule has 1 fully saturated rings. The molecule has 0 aromatic heterocycles. The van der Waals surface area contributed by atoms with Gasteiger partial charge >= 0.3 is 6.09 Å². The van der Waals surface area contributed by atoms with Gasteiger partial charge in [-0.05, 0) is 13.3 Å². The van der Waals surface area contributed by atoms with E-state index in [4.69, 9.17) is 14.6 Å². The summed E-state index contributed by atoms with van der Waals surface area (Å²) in [4.78, 5) is 12.7. The minimum absolute atomic E-state index is 0.117. The lowest BCUT2D eigenvalue weighted by Gasteiger charge is -2.37. The number of carbonyl (C=O) groups is 1. The number of carbonyl (C=O) groups excluding carboxylic acids is 1. The molecule has 5 heteroatoms. The van der Waals surface area contributed by atoms with E-state index in [-0.39, 0.29) is 18.8 Å². The third-order valence-corrected chi connectivity index (χ3v) is 2.03. The summed E-state index contributed by atoms with van der Waals surface area (Å²) in [5, 5.41) is 8.52. The van der Waals surface area contributed by atoms with Crippen LogP contribution in [0.25, 0.3) is 0 Å². The summed E-state index contributed by atoms with van der Waals surface area (Å²) in [6.45, 7) is 4.10. The number of rotatable bonds is 5. The van der Waals surface area contributed by atoms with Gasteiger partial charge in [0.05, 0.1) is 25.8 Å². The first-order chi connectivity index (χ1) is 6.77. The third kappa shape index (κ3) is 3.16. The van der Waals surface area contributed by atoms with E-state index in [0.29, 0.717) is 32.7 Å². The van der Waals surface area contributed by atoms with Crippen LogP contribution >= 0.6 is 0 Å². The van der Waals surface area contributed by atoms with E-state index < -0.39 is 0 Å². The Labute approximate surface area is 83.6 Å². The van der Waals surface area contributed by atoms with Gasteiger partial charge in [-0.3, -0.25) is 0 Å². The fourth-order valence-corrected chi connectivity index (χ4v) is 1.22. The molecule has 1 saturated heterocycles. The number of nitrogens with zero attached hydrogens (tertiary/aromatic N) is 1. The molecule has 82 valence electrons. The van der Waals surface area contributed by atoms with E-state index in [2.05, 4.69) is 0 Å². The fraction of sp³-hybridized carbons (Fsp3) is 0.889. The SMILES string of the molecule is CCOC(=O)N1CC(OCCCO)C1. The van der Waals surface area contributed by atoms with Gasteiger partial charge in [-0.1, -0.05) is 0 Å². The maximum atomic E-state index is 11.1. The summed E-state index contributed by atoms with van der Waals surface area (Å²) in [6, 6.07) is 0. The summed E-state index contributed by atoms with van der Waals surface area (Å²) in [7, 11) is 0. The van der Waals surface area contributed by atoms with Crippen molar-refractivity contribution in [2.24, 2.45) is 0 Å². The molecule has 0 unspecified atom stereocenters. The topological polar surface area (TPSA) is 59.0 Å². The predicted molar refractivity (Wildman–Crippen MR) is 50.0 cm³/mol. The van der Waals surface area contributed by atoms with Crippen molar-refractivity contribution in [1.82, 2.24) is 4.90 Å². The van der Waals surface area contributed by atoms with E-state index >= 15 is 0 Å². The summed E-state index contributed by atoms with van der Waals surface area (Å²) in [6.07, 6.45) is 0.496.